The molecule has 0 bridgehead atoms. The van der Waals surface area contributed by atoms with Gasteiger partial charge in [-0.3, -0.25) is 4.98 Å². The van der Waals surface area contributed by atoms with Gasteiger partial charge in [-0.25, -0.2) is 12.8 Å². The predicted octanol–water partition coefficient (Wildman–Crippen LogP) is 4.02. The molecule has 2 aromatic rings. The molecule has 6 nitrogen and oxygen atoms in total. The number of fused-ring (bicyclic) bond motifs is 1. The van der Waals surface area contributed by atoms with Gasteiger partial charge in [-0.05, 0) is 66.3 Å². The van der Waals surface area contributed by atoms with E-state index in [0.29, 0.717) is 30.5 Å². The van der Waals surface area contributed by atoms with E-state index >= 15 is 0 Å². The minimum absolute atomic E-state index is 0.0309. The molecule has 4 rings (SSSR count). The highest BCUT2D eigenvalue weighted by Crippen LogP contribution is 2.41. The molecule has 0 unspecified atom stereocenters. The second-order valence-corrected chi connectivity index (χ2v) is 10.7. The molecule has 1 aromatic heterocycles. The van der Waals surface area contributed by atoms with Crippen molar-refractivity contribution in [2.24, 2.45) is 0 Å². The third-order valence-electron chi connectivity index (χ3n) is 6.18. The van der Waals surface area contributed by atoms with E-state index in [1.807, 2.05) is 19.1 Å². The minimum atomic E-state index is -3.34. The number of phenolic OH excluding ortho intramolecular Hbond substituents is 1. The van der Waals surface area contributed by atoms with Crippen LogP contribution in [0.1, 0.15) is 43.9 Å². The molecule has 2 N–H and O–H groups in total. The average Bonchev–Trinajstić information content (AvgIpc) is 3.04. The number of sulfone groups is 1. The molecule has 1 aromatic carbocycles. The van der Waals surface area contributed by atoms with Gasteiger partial charge in [0.1, 0.15) is 0 Å². The number of phenols is 1. The number of hydrogen-bond acceptors (Lipinski definition) is 6. The maximum absolute atomic E-state index is 13.9. The van der Waals surface area contributed by atoms with Gasteiger partial charge >= 0.3 is 7.12 Å². The van der Waals surface area contributed by atoms with Crippen molar-refractivity contribution in [1.82, 2.24) is 4.98 Å². The number of pyridine rings is 1. The molecular weight excluding hydrogens is 444 g/mol. The number of aromatic nitrogens is 1. The fraction of sp³-hybridized carbons (Fsp3) is 0.375. The smallest absolute Gasteiger partial charge is 0.456 e. The van der Waals surface area contributed by atoms with Gasteiger partial charge in [0.05, 0.1) is 22.8 Å². The summed E-state index contributed by atoms with van der Waals surface area (Å²) in [5, 5.41) is 19.0. The molecule has 0 saturated carbocycles. The molecule has 0 aliphatic carbocycles. The highest BCUT2D eigenvalue weighted by molar-refractivity contribution is 7.92. The van der Waals surface area contributed by atoms with E-state index in [-0.39, 0.29) is 12.1 Å². The van der Waals surface area contributed by atoms with Crippen molar-refractivity contribution >= 4 is 28.6 Å². The summed E-state index contributed by atoms with van der Waals surface area (Å²) in [4.78, 5) is 4.42. The maximum Gasteiger partial charge on any atom is 0.456 e. The molecule has 2 atom stereocenters. The Hall–Kier alpha value is -2.49. The van der Waals surface area contributed by atoms with Gasteiger partial charge in [0, 0.05) is 12.5 Å². The summed E-state index contributed by atoms with van der Waals surface area (Å²) < 4.78 is 45.2. The SMILES string of the molecule is CCCC1=C2[C@@H](CC/C(=C/c3ccc(O)c(F)c3)c3ccccn3)OB(O)C[C@@H]2S(=O)(=O)C1. The Morgan fingerprint density at radius 1 is 1.33 bits per heavy atom. The monoisotopic (exact) mass is 471 g/mol. The Labute approximate surface area is 193 Å². The van der Waals surface area contributed by atoms with Crippen molar-refractivity contribution in [3.8, 4) is 5.75 Å². The third-order valence-corrected chi connectivity index (χ3v) is 8.25. The van der Waals surface area contributed by atoms with Crippen LogP contribution in [-0.2, 0) is 14.5 Å². The number of rotatable bonds is 7. The fourth-order valence-electron chi connectivity index (χ4n) is 4.73. The first-order valence-corrected chi connectivity index (χ1v) is 12.9. The Bertz CT molecular complexity index is 1180. The molecular formula is C24H27BFNO5S. The molecule has 174 valence electrons. The molecule has 0 spiro atoms. The van der Waals surface area contributed by atoms with Crippen LogP contribution in [0.3, 0.4) is 0 Å². The Kier molecular flexibility index (Phi) is 7.02. The van der Waals surface area contributed by atoms with Crippen LogP contribution >= 0.6 is 0 Å². The predicted molar refractivity (Wildman–Crippen MR) is 127 cm³/mol. The summed E-state index contributed by atoms with van der Waals surface area (Å²) in [6.07, 6.45) is 5.48. The standard InChI is InChI=1S/C24H27BFNO5S/c1-2-5-18-15-33(30,31)23-14-25(29)32-22(24(18)23)10-8-17(20-6-3-4-11-27-20)12-16-7-9-21(28)19(26)13-16/h3-4,6-7,9,11-13,22-23,28-29H,2,5,8,10,14-15H2,1H3/b17-12-/t22-,23+/m1/s1. The molecule has 1 saturated heterocycles. The molecule has 0 amide bonds. The van der Waals surface area contributed by atoms with E-state index in [0.717, 1.165) is 23.1 Å². The van der Waals surface area contributed by atoms with E-state index in [4.69, 9.17) is 4.65 Å². The van der Waals surface area contributed by atoms with Gasteiger partial charge in [0.15, 0.2) is 21.4 Å². The first kappa shape index (κ1) is 23.7. The van der Waals surface area contributed by atoms with E-state index in [1.54, 1.807) is 24.4 Å². The molecule has 1 fully saturated rings. The third kappa shape index (κ3) is 5.21. The first-order valence-electron chi connectivity index (χ1n) is 11.2. The average molecular weight is 471 g/mol. The molecule has 2 aliphatic heterocycles. The van der Waals surface area contributed by atoms with Crippen molar-refractivity contribution < 1.29 is 27.6 Å². The summed E-state index contributed by atoms with van der Waals surface area (Å²) in [6, 6.07) is 9.68. The number of halogens is 1. The summed E-state index contributed by atoms with van der Waals surface area (Å²) in [6.45, 7) is 2.01. The van der Waals surface area contributed by atoms with Gasteiger partial charge in [-0.1, -0.05) is 31.1 Å². The zero-order valence-electron chi connectivity index (χ0n) is 18.4. The quantitative estimate of drug-likeness (QED) is 0.468. The molecule has 33 heavy (non-hydrogen) atoms. The first-order chi connectivity index (χ1) is 15.8. The van der Waals surface area contributed by atoms with Crippen LogP contribution in [0, 0.1) is 5.82 Å². The van der Waals surface area contributed by atoms with Gasteiger partial charge < -0.3 is 14.8 Å². The molecule has 0 radical (unpaired) electrons. The van der Waals surface area contributed by atoms with E-state index in [9.17, 15) is 22.9 Å². The fourth-order valence-corrected chi connectivity index (χ4v) is 6.89. The minimum Gasteiger partial charge on any atom is -0.505 e. The van der Waals surface area contributed by atoms with Crippen molar-refractivity contribution in [2.45, 2.75) is 50.3 Å². The molecule has 2 aliphatic rings. The van der Waals surface area contributed by atoms with Gasteiger partial charge in [-0.15, -0.1) is 0 Å². The number of hydrogen-bond donors (Lipinski definition) is 2. The van der Waals surface area contributed by atoms with Crippen LogP contribution in [0.2, 0.25) is 6.32 Å². The van der Waals surface area contributed by atoms with E-state index in [1.165, 1.54) is 12.1 Å². The van der Waals surface area contributed by atoms with E-state index in [2.05, 4.69) is 4.98 Å². The van der Waals surface area contributed by atoms with Crippen LogP contribution in [0.15, 0.2) is 53.7 Å². The van der Waals surface area contributed by atoms with Crippen molar-refractivity contribution in [3.05, 3.63) is 70.8 Å². The lowest BCUT2D eigenvalue weighted by atomic mass is 9.74. The van der Waals surface area contributed by atoms with Crippen LogP contribution < -0.4 is 0 Å². The second-order valence-electron chi connectivity index (χ2n) is 8.55. The second kappa shape index (κ2) is 9.79. The Morgan fingerprint density at radius 2 is 2.15 bits per heavy atom. The number of allylic oxidation sites excluding steroid dienone is 1. The lowest BCUT2D eigenvalue weighted by Crippen LogP contribution is -2.41. The summed E-state index contributed by atoms with van der Waals surface area (Å²) in [5.41, 5.74) is 3.81. The zero-order chi connectivity index (χ0) is 23.6. The highest BCUT2D eigenvalue weighted by Gasteiger charge is 2.48. The van der Waals surface area contributed by atoms with Crippen LogP contribution in [0.25, 0.3) is 11.6 Å². The van der Waals surface area contributed by atoms with Crippen molar-refractivity contribution in [2.75, 3.05) is 5.75 Å². The Morgan fingerprint density at radius 3 is 2.85 bits per heavy atom. The molecule has 9 heteroatoms. The Balaban J connectivity index is 1.65. The van der Waals surface area contributed by atoms with Crippen molar-refractivity contribution in [3.63, 3.8) is 0 Å². The van der Waals surface area contributed by atoms with Gasteiger partial charge in [0.2, 0.25) is 0 Å². The van der Waals surface area contributed by atoms with Crippen LogP contribution in [0.4, 0.5) is 4.39 Å². The lowest BCUT2D eigenvalue weighted by molar-refractivity contribution is 0.171. The normalized spacial score (nSPS) is 22.5. The number of nitrogens with zero attached hydrogens (tertiary/aromatic N) is 1. The highest BCUT2D eigenvalue weighted by atomic mass is 32.2. The van der Waals surface area contributed by atoms with Gasteiger partial charge in [-0.2, -0.15) is 0 Å². The van der Waals surface area contributed by atoms with Gasteiger partial charge in [0.25, 0.3) is 0 Å². The molecule has 3 heterocycles. The number of aromatic hydroxyl groups is 1. The lowest BCUT2D eigenvalue weighted by Gasteiger charge is -2.32. The largest absolute Gasteiger partial charge is 0.505 e. The summed E-state index contributed by atoms with van der Waals surface area (Å²) in [7, 11) is -4.47. The van der Waals surface area contributed by atoms with Crippen LogP contribution in [-0.4, -0.2) is 47.8 Å². The van der Waals surface area contributed by atoms with Crippen LogP contribution in [0.5, 0.6) is 5.75 Å². The van der Waals surface area contributed by atoms with E-state index < -0.39 is 39.9 Å². The summed E-state index contributed by atoms with van der Waals surface area (Å²) >= 11 is 0. The topological polar surface area (TPSA) is 96.7 Å². The summed E-state index contributed by atoms with van der Waals surface area (Å²) in [5.74, 6) is -1.10. The maximum atomic E-state index is 13.9. The van der Waals surface area contributed by atoms with Crippen molar-refractivity contribution in [1.29, 1.82) is 0 Å². The zero-order valence-corrected chi connectivity index (χ0v) is 19.3. The number of benzene rings is 1.